The molecule has 96 valence electrons. The summed E-state index contributed by atoms with van der Waals surface area (Å²) in [4.78, 5) is 2.03. The molecule has 3 nitrogen and oxygen atoms in total. The van der Waals surface area contributed by atoms with E-state index in [0.717, 1.165) is 0 Å². The predicted molar refractivity (Wildman–Crippen MR) is 66.9 cm³/mol. The maximum atomic E-state index is 14.0. The Morgan fingerprint density at radius 2 is 2.00 bits per heavy atom. The van der Waals surface area contributed by atoms with Gasteiger partial charge in [0.1, 0.15) is 5.82 Å². The highest BCUT2D eigenvalue weighted by Gasteiger charge is 2.13. The number of rotatable bonds is 6. The van der Waals surface area contributed by atoms with Crippen molar-refractivity contribution in [2.24, 2.45) is 5.73 Å². The van der Waals surface area contributed by atoms with Crippen molar-refractivity contribution >= 4 is 0 Å². The van der Waals surface area contributed by atoms with Gasteiger partial charge in [0, 0.05) is 36.8 Å². The van der Waals surface area contributed by atoms with E-state index in [9.17, 15) is 4.39 Å². The van der Waals surface area contributed by atoms with Crippen LogP contribution in [0.5, 0.6) is 0 Å². The molecule has 0 aliphatic carbocycles. The zero-order chi connectivity index (χ0) is 12.8. The highest BCUT2D eigenvalue weighted by molar-refractivity contribution is 5.25. The minimum Gasteiger partial charge on any atom is -0.395 e. The fourth-order valence-corrected chi connectivity index (χ4v) is 1.78. The molecular weight excluding hydrogens is 219 g/mol. The lowest BCUT2D eigenvalue weighted by molar-refractivity contribution is 0.158. The molecule has 0 saturated carbocycles. The molecule has 0 atom stereocenters. The van der Waals surface area contributed by atoms with Crippen molar-refractivity contribution in [2.45, 2.75) is 33.0 Å². The van der Waals surface area contributed by atoms with Gasteiger partial charge in [-0.15, -0.1) is 0 Å². The average molecular weight is 240 g/mol. The van der Waals surface area contributed by atoms with Crippen LogP contribution in [0.25, 0.3) is 0 Å². The van der Waals surface area contributed by atoms with Gasteiger partial charge >= 0.3 is 0 Å². The Bertz CT molecular complexity index is 355. The van der Waals surface area contributed by atoms with Crippen molar-refractivity contribution in [2.75, 3.05) is 13.2 Å². The van der Waals surface area contributed by atoms with Crippen molar-refractivity contribution < 1.29 is 9.50 Å². The number of benzene rings is 1. The van der Waals surface area contributed by atoms with E-state index in [1.54, 1.807) is 12.1 Å². The lowest BCUT2D eigenvalue weighted by Crippen LogP contribution is -2.33. The van der Waals surface area contributed by atoms with Gasteiger partial charge in [0.25, 0.3) is 0 Å². The van der Waals surface area contributed by atoms with E-state index in [4.69, 9.17) is 10.8 Å². The summed E-state index contributed by atoms with van der Waals surface area (Å²) in [5.41, 5.74) is 6.65. The molecule has 0 saturated heterocycles. The molecule has 3 N–H and O–H groups in total. The first-order chi connectivity index (χ1) is 8.10. The number of aliphatic hydroxyl groups is 1. The fourth-order valence-electron chi connectivity index (χ4n) is 1.78. The van der Waals surface area contributed by atoms with Gasteiger partial charge in [0.15, 0.2) is 0 Å². The molecule has 0 fully saturated rings. The Labute approximate surface area is 102 Å². The average Bonchev–Trinajstić information content (AvgIpc) is 2.30. The second kappa shape index (κ2) is 6.69. The Morgan fingerprint density at radius 1 is 1.35 bits per heavy atom. The van der Waals surface area contributed by atoms with E-state index in [1.165, 1.54) is 0 Å². The van der Waals surface area contributed by atoms with Crippen molar-refractivity contribution in [3.8, 4) is 0 Å². The highest BCUT2D eigenvalue weighted by atomic mass is 19.1. The number of aliphatic hydroxyl groups excluding tert-OH is 1. The van der Waals surface area contributed by atoms with Gasteiger partial charge < -0.3 is 10.8 Å². The van der Waals surface area contributed by atoms with Crippen LogP contribution in [-0.2, 0) is 13.1 Å². The molecule has 0 aliphatic rings. The monoisotopic (exact) mass is 240 g/mol. The Hall–Kier alpha value is -0.970. The third-order valence-electron chi connectivity index (χ3n) is 2.87. The number of nitrogens with zero attached hydrogens (tertiary/aromatic N) is 1. The summed E-state index contributed by atoms with van der Waals surface area (Å²) in [6, 6.07) is 5.55. The minimum atomic E-state index is -0.224. The summed E-state index contributed by atoms with van der Waals surface area (Å²) in [5.74, 6) is -0.224. The van der Waals surface area contributed by atoms with Crippen LogP contribution in [-0.4, -0.2) is 29.2 Å². The van der Waals surface area contributed by atoms with Gasteiger partial charge in [0.2, 0.25) is 0 Å². The molecule has 0 aliphatic heterocycles. The first kappa shape index (κ1) is 14.1. The van der Waals surface area contributed by atoms with Crippen LogP contribution in [0.2, 0.25) is 0 Å². The quantitative estimate of drug-likeness (QED) is 0.792. The largest absolute Gasteiger partial charge is 0.395 e. The van der Waals surface area contributed by atoms with E-state index in [0.29, 0.717) is 24.2 Å². The summed E-state index contributed by atoms with van der Waals surface area (Å²) < 4.78 is 14.0. The summed E-state index contributed by atoms with van der Waals surface area (Å²) >= 11 is 0. The summed E-state index contributed by atoms with van der Waals surface area (Å²) in [6.07, 6.45) is 0. The Kier molecular flexibility index (Phi) is 5.55. The Balaban J connectivity index is 2.85. The third kappa shape index (κ3) is 3.77. The molecule has 0 spiro atoms. The highest BCUT2D eigenvalue weighted by Crippen LogP contribution is 2.15. The minimum absolute atomic E-state index is 0.0797. The first-order valence-corrected chi connectivity index (χ1v) is 5.91. The van der Waals surface area contributed by atoms with Crippen molar-refractivity contribution in [3.05, 3.63) is 35.1 Å². The number of nitrogens with two attached hydrogens (primary N) is 1. The second-order valence-corrected chi connectivity index (χ2v) is 4.38. The van der Waals surface area contributed by atoms with E-state index in [2.05, 4.69) is 0 Å². The lowest BCUT2D eigenvalue weighted by atomic mass is 10.1. The SMILES string of the molecule is CC(C)N(CCO)Cc1cccc(CN)c1F. The molecule has 0 amide bonds. The summed E-state index contributed by atoms with van der Waals surface area (Å²) in [6.45, 7) is 5.39. The molecule has 0 radical (unpaired) electrons. The van der Waals surface area contributed by atoms with E-state index >= 15 is 0 Å². The first-order valence-electron chi connectivity index (χ1n) is 5.91. The lowest BCUT2D eigenvalue weighted by Gasteiger charge is -2.26. The van der Waals surface area contributed by atoms with Crippen molar-refractivity contribution in [1.29, 1.82) is 0 Å². The molecule has 0 heterocycles. The van der Waals surface area contributed by atoms with Crippen LogP contribution in [0.3, 0.4) is 0 Å². The number of halogens is 1. The van der Waals surface area contributed by atoms with Gasteiger partial charge in [-0.2, -0.15) is 0 Å². The topological polar surface area (TPSA) is 49.5 Å². The van der Waals surface area contributed by atoms with Crippen LogP contribution in [0.4, 0.5) is 4.39 Å². The zero-order valence-corrected chi connectivity index (χ0v) is 10.5. The van der Waals surface area contributed by atoms with Gasteiger partial charge in [0.05, 0.1) is 6.61 Å². The second-order valence-electron chi connectivity index (χ2n) is 4.38. The molecular formula is C13H21FN2O. The zero-order valence-electron chi connectivity index (χ0n) is 10.5. The molecule has 0 aromatic heterocycles. The van der Waals surface area contributed by atoms with Gasteiger partial charge in [-0.3, -0.25) is 4.90 Å². The maximum absolute atomic E-state index is 14.0. The Morgan fingerprint density at radius 3 is 2.53 bits per heavy atom. The summed E-state index contributed by atoms with van der Waals surface area (Å²) in [5, 5.41) is 8.98. The normalized spacial score (nSPS) is 11.5. The maximum Gasteiger partial charge on any atom is 0.132 e. The number of hydrogen-bond donors (Lipinski definition) is 2. The van der Waals surface area contributed by atoms with Crippen LogP contribution in [0.15, 0.2) is 18.2 Å². The van der Waals surface area contributed by atoms with Gasteiger partial charge in [-0.05, 0) is 13.8 Å². The molecule has 1 aromatic rings. The van der Waals surface area contributed by atoms with Gasteiger partial charge in [-0.1, -0.05) is 18.2 Å². The molecule has 1 rings (SSSR count). The predicted octanol–water partition coefficient (Wildman–Crippen LogP) is 1.49. The molecule has 17 heavy (non-hydrogen) atoms. The van der Waals surface area contributed by atoms with Crippen molar-refractivity contribution in [3.63, 3.8) is 0 Å². The molecule has 4 heteroatoms. The van der Waals surface area contributed by atoms with Crippen molar-refractivity contribution in [1.82, 2.24) is 4.90 Å². The number of hydrogen-bond acceptors (Lipinski definition) is 3. The smallest absolute Gasteiger partial charge is 0.132 e. The van der Waals surface area contributed by atoms with Crippen LogP contribution in [0, 0.1) is 5.82 Å². The van der Waals surface area contributed by atoms with Gasteiger partial charge in [-0.25, -0.2) is 4.39 Å². The summed E-state index contributed by atoms with van der Waals surface area (Å²) in [7, 11) is 0. The molecule has 1 aromatic carbocycles. The van der Waals surface area contributed by atoms with Crippen LogP contribution >= 0.6 is 0 Å². The third-order valence-corrected chi connectivity index (χ3v) is 2.87. The molecule has 0 bridgehead atoms. The van der Waals surface area contributed by atoms with Crippen LogP contribution in [0.1, 0.15) is 25.0 Å². The molecule has 0 unspecified atom stereocenters. The van der Waals surface area contributed by atoms with E-state index in [1.807, 2.05) is 24.8 Å². The van der Waals surface area contributed by atoms with Crippen LogP contribution < -0.4 is 5.73 Å². The standard InChI is InChI=1S/C13H21FN2O/c1-10(2)16(6-7-17)9-12-5-3-4-11(8-15)13(12)14/h3-5,10,17H,6-9,15H2,1-2H3. The fraction of sp³-hybridized carbons (Fsp3) is 0.538. The van der Waals surface area contributed by atoms with E-state index in [-0.39, 0.29) is 25.0 Å². The van der Waals surface area contributed by atoms with E-state index < -0.39 is 0 Å².